The van der Waals surface area contributed by atoms with E-state index in [-0.39, 0.29) is 11.8 Å². The van der Waals surface area contributed by atoms with Gasteiger partial charge in [-0.1, -0.05) is 12.1 Å². The zero-order chi connectivity index (χ0) is 19.6. The maximum absolute atomic E-state index is 12.2. The van der Waals surface area contributed by atoms with Crippen LogP contribution in [0.3, 0.4) is 0 Å². The third kappa shape index (κ3) is 4.75. The molecule has 1 aromatic carbocycles. The van der Waals surface area contributed by atoms with E-state index in [9.17, 15) is 13.2 Å². The molecule has 0 aliphatic rings. The molecule has 0 saturated carbocycles. The maximum atomic E-state index is 12.2. The molecule has 9 heteroatoms. The van der Waals surface area contributed by atoms with Crippen molar-refractivity contribution in [3.8, 4) is 11.6 Å². The van der Waals surface area contributed by atoms with Crippen LogP contribution in [-0.2, 0) is 0 Å². The maximum Gasteiger partial charge on any atom is 0.573 e. The summed E-state index contributed by atoms with van der Waals surface area (Å²) in [5.74, 6) is 0.892. The van der Waals surface area contributed by atoms with Crippen molar-refractivity contribution in [2.24, 2.45) is 0 Å². The van der Waals surface area contributed by atoms with Gasteiger partial charge in [-0.05, 0) is 56.7 Å². The summed E-state index contributed by atoms with van der Waals surface area (Å²) in [5, 5.41) is 15.8. The van der Waals surface area contributed by atoms with Crippen LogP contribution in [0.25, 0.3) is 5.82 Å². The highest BCUT2D eigenvalue weighted by Gasteiger charge is 2.31. The molecule has 2 aromatic heterocycles. The van der Waals surface area contributed by atoms with Crippen LogP contribution in [0.15, 0.2) is 42.5 Å². The van der Waals surface area contributed by atoms with E-state index in [1.165, 1.54) is 12.1 Å². The molecule has 0 radical (unpaired) electrons. The van der Waals surface area contributed by atoms with Gasteiger partial charge in [0.1, 0.15) is 11.6 Å². The molecule has 0 fully saturated rings. The molecule has 3 aromatic rings. The molecule has 142 valence electrons. The Morgan fingerprint density at radius 2 is 1.74 bits per heavy atom. The molecule has 0 saturated heterocycles. The first-order chi connectivity index (χ1) is 12.7. The van der Waals surface area contributed by atoms with Gasteiger partial charge in [0, 0.05) is 5.69 Å². The van der Waals surface area contributed by atoms with Gasteiger partial charge in [0.2, 0.25) is 0 Å². The first kappa shape index (κ1) is 18.7. The van der Waals surface area contributed by atoms with E-state index >= 15 is 0 Å². The third-order valence-electron chi connectivity index (χ3n) is 3.86. The smallest absolute Gasteiger partial charge is 0.406 e. The Bertz CT molecular complexity index is 904. The molecule has 27 heavy (non-hydrogen) atoms. The Balaban J connectivity index is 1.67. The molecule has 0 spiro atoms. The number of nitrogens with zero attached hydrogens (tertiary/aromatic N) is 4. The van der Waals surface area contributed by atoms with Crippen LogP contribution >= 0.6 is 0 Å². The van der Waals surface area contributed by atoms with Crippen LogP contribution < -0.4 is 10.1 Å². The minimum atomic E-state index is -4.70. The number of rotatable bonds is 5. The lowest BCUT2D eigenvalue weighted by atomic mass is 10.1. The van der Waals surface area contributed by atoms with E-state index in [0.29, 0.717) is 11.6 Å². The summed E-state index contributed by atoms with van der Waals surface area (Å²) in [6.07, 6.45) is -4.70. The van der Waals surface area contributed by atoms with Crippen molar-refractivity contribution in [2.75, 3.05) is 5.32 Å². The minimum absolute atomic E-state index is 0.182. The van der Waals surface area contributed by atoms with Gasteiger partial charge >= 0.3 is 6.36 Å². The third-order valence-corrected chi connectivity index (χ3v) is 3.86. The number of aromatic nitrogens is 4. The number of hydrogen-bond donors (Lipinski definition) is 1. The number of hydrogen-bond acceptors (Lipinski definition) is 5. The SMILES string of the molecule is Cc1cc(C)n(-c2ccc(N[C@@H](C)c3ccc(OC(F)(F)F)cc3)nn2)n1. The van der Waals surface area contributed by atoms with E-state index in [2.05, 4.69) is 25.3 Å². The molecular formula is C18H18F3N5O. The Morgan fingerprint density at radius 3 is 2.26 bits per heavy atom. The standard InChI is InChI=1S/C18H18F3N5O/c1-11-10-12(2)26(25-11)17-9-8-16(23-24-17)22-13(3)14-4-6-15(7-5-14)27-18(19,20)21/h4-10,13H,1-3H3,(H,22,23)/t13-/m0/s1. The average molecular weight is 377 g/mol. The molecule has 0 unspecified atom stereocenters. The van der Waals surface area contributed by atoms with Gasteiger partial charge in [-0.2, -0.15) is 5.10 Å². The molecule has 2 heterocycles. The Labute approximate surface area is 154 Å². The monoisotopic (exact) mass is 377 g/mol. The molecule has 3 rings (SSSR count). The summed E-state index contributed by atoms with van der Waals surface area (Å²) in [5.41, 5.74) is 2.63. The summed E-state index contributed by atoms with van der Waals surface area (Å²) in [6, 6.07) is 11.0. The molecule has 1 N–H and O–H groups in total. The second kappa shape index (κ2) is 7.26. The van der Waals surface area contributed by atoms with Crippen molar-refractivity contribution in [3.63, 3.8) is 0 Å². The van der Waals surface area contributed by atoms with E-state index < -0.39 is 6.36 Å². The zero-order valence-electron chi connectivity index (χ0n) is 14.9. The highest BCUT2D eigenvalue weighted by molar-refractivity contribution is 5.40. The summed E-state index contributed by atoms with van der Waals surface area (Å²) >= 11 is 0. The molecule has 0 bridgehead atoms. The van der Waals surface area contributed by atoms with Crippen LogP contribution in [0.5, 0.6) is 5.75 Å². The van der Waals surface area contributed by atoms with Gasteiger partial charge in [-0.3, -0.25) is 0 Å². The summed E-state index contributed by atoms with van der Waals surface area (Å²) in [7, 11) is 0. The summed E-state index contributed by atoms with van der Waals surface area (Å²) < 4.78 is 42.2. The zero-order valence-corrected chi connectivity index (χ0v) is 14.9. The van der Waals surface area contributed by atoms with Crippen molar-refractivity contribution in [1.29, 1.82) is 0 Å². The first-order valence-electron chi connectivity index (χ1n) is 8.21. The lowest BCUT2D eigenvalue weighted by Crippen LogP contribution is -2.17. The summed E-state index contributed by atoms with van der Waals surface area (Å²) in [4.78, 5) is 0. The van der Waals surface area contributed by atoms with Crippen molar-refractivity contribution in [1.82, 2.24) is 20.0 Å². The van der Waals surface area contributed by atoms with Crippen molar-refractivity contribution in [2.45, 2.75) is 33.2 Å². The topological polar surface area (TPSA) is 64.9 Å². The average Bonchev–Trinajstić information content (AvgIpc) is 2.93. The number of ether oxygens (including phenoxy) is 1. The van der Waals surface area contributed by atoms with Gasteiger partial charge < -0.3 is 10.1 Å². The number of alkyl halides is 3. The van der Waals surface area contributed by atoms with Crippen LogP contribution in [-0.4, -0.2) is 26.3 Å². The first-order valence-corrected chi connectivity index (χ1v) is 8.21. The van der Waals surface area contributed by atoms with Crippen molar-refractivity contribution < 1.29 is 17.9 Å². The largest absolute Gasteiger partial charge is 0.573 e. The van der Waals surface area contributed by atoms with Crippen LogP contribution in [0, 0.1) is 13.8 Å². The quantitative estimate of drug-likeness (QED) is 0.716. The highest BCUT2D eigenvalue weighted by atomic mass is 19.4. The lowest BCUT2D eigenvalue weighted by Gasteiger charge is -2.16. The number of halogens is 3. The molecule has 0 aliphatic carbocycles. The fourth-order valence-electron chi connectivity index (χ4n) is 2.64. The highest BCUT2D eigenvalue weighted by Crippen LogP contribution is 2.25. The van der Waals surface area contributed by atoms with Crippen LogP contribution in [0.2, 0.25) is 0 Å². The van der Waals surface area contributed by atoms with Gasteiger partial charge in [0.25, 0.3) is 0 Å². The molecule has 0 amide bonds. The Morgan fingerprint density at radius 1 is 1.04 bits per heavy atom. The van der Waals surface area contributed by atoms with Gasteiger partial charge in [0.15, 0.2) is 5.82 Å². The Kier molecular flexibility index (Phi) is 5.02. The lowest BCUT2D eigenvalue weighted by molar-refractivity contribution is -0.274. The van der Waals surface area contributed by atoms with E-state index in [4.69, 9.17) is 0 Å². The number of aryl methyl sites for hydroxylation is 2. The normalized spacial score (nSPS) is 12.7. The summed E-state index contributed by atoms with van der Waals surface area (Å²) in [6.45, 7) is 5.71. The van der Waals surface area contributed by atoms with Gasteiger partial charge in [-0.15, -0.1) is 23.4 Å². The fraction of sp³-hybridized carbons (Fsp3) is 0.278. The fourth-order valence-corrected chi connectivity index (χ4v) is 2.64. The van der Waals surface area contributed by atoms with Crippen molar-refractivity contribution in [3.05, 3.63) is 59.4 Å². The van der Waals surface area contributed by atoms with Gasteiger partial charge in [-0.25, -0.2) is 4.68 Å². The minimum Gasteiger partial charge on any atom is -0.406 e. The van der Waals surface area contributed by atoms with Crippen molar-refractivity contribution >= 4 is 5.82 Å². The second-order valence-electron chi connectivity index (χ2n) is 6.10. The predicted molar refractivity (Wildman–Crippen MR) is 93.8 cm³/mol. The number of anilines is 1. The molecule has 6 nitrogen and oxygen atoms in total. The van der Waals surface area contributed by atoms with E-state index in [0.717, 1.165) is 17.0 Å². The van der Waals surface area contributed by atoms with Gasteiger partial charge in [0.05, 0.1) is 11.7 Å². The van der Waals surface area contributed by atoms with Crippen LogP contribution in [0.1, 0.15) is 29.9 Å². The molecule has 1 atom stereocenters. The number of nitrogens with one attached hydrogen (secondary N) is 1. The van der Waals surface area contributed by atoms with E-state index in [1.54, 1.807) is 28.9 Å². The Hall–Kier alpha value is -3.10. The number of benzene rings is 1. The predicted octanol–water partition coefficient (Wildman–Crippen LogP) is 4.35. The van der Waals surface area contributed by atoms with Crippen LogP contribution in [0.4, 0.5) is 19.0 Å². The van der Waals surface area contributed by atoms with E-state index in [1.807, 2.05) is 26.8 Å². The second-order valence-corrected chi connectivity index (χ2v) is 6.10. The molecular weight excluding hydrogens is 359 g/mol. The molecule has 0 aliphatic heterocycles.